The van der Waals surface area contributed by atoms with Crippen molar-refractivity contribution in [3.05, 3.63) is 46.7 Å². The van der Waals surface area contributed by atoms with Crippen molar-refractivity contribution in [2.24, 2.45) is 5.73 Å². The number of hydrogen-bond acceptors (Lipinski definition) is 3. The SMILES string of the molecule is NC(=O)c1ccn(-c2ccc(CO)cc2Cl)n1. The third kappa shape index (κ3) is 2.30. The van der Waals surface area contributed by atoms with E-state index in [2.05, 4.69) is 5.10 Å². The summed E-state index contributed by atoms with van der Waals surface area (Å²) < 4.78 is 1.46. The molecule has 0 unspecified atom stereocenters. The number of primary amides is 1. The average molecular weight is 252 g/mol. The number of halogens is 1. The first-order chi connectivity index (χ1) is 8.11. The van der Waals surface area contributed by atoms with Crippen molar-refractivity contribution >= 4 is 17.5 Å². The molecule has 0 atom stereocenters. The van der Waals surface area contributed by atoms with Gasteiger partial charge in [0.15, 0.2) is 0 Å². The molecule has 88 valence electrons. The Morgan fingerprint density at radius 1 is 1.47 bits per heavy atom. The minimum absolute atomic E-state index is 0.0777. The highest BCUT2D eigenvalue weighted by molar-refractivity contribution is 6.32. The molecule has 5 nitrogen and oxygen atoms in total. The van der Waals surface area contributed by atoms with Crippen LogP contribution in [0.2, 0.25) is 5.02 Å². The van der Waals surface area contributed by atoms with E-state index in [1.54, 1.807) is 24.4 Å². The van der Waals surface area contributed by atoms with Crippen LogP contribution in [0.5, 0.6) is 0 Å². The minimum atomic E-state index is -0.591. The fourth-order valence-corrected chi connectivity index (χ4v) is 1.71. The fourth-order valence-electron chi connectivity index (χ4n) is 1.42. The summed E-state index contributed by atoms with van der Waals surface area (Å²) in [5.41, 5.74) is 6.61. The predicted octanol–water partition coefficient (Wildman–Crippen LogP) is 1.12. The molecule has 17 heavy (non-hydrogen) atoms. The molecule has 1 aromatic carbocycles. The second kappa shape index (κ2) is 4.57. The average Bonchev–Trinajstić information content (AvgIpc) is 2.78. The molecule has 1 heterocycles. The van der Waals surface area contributed by atoms with E-state index in [-0.39, 0.29) is 12.3 Å². The van der Waals surface area contributed by atoms with Crippen molar-refractivity contribution < 1.29 is 9.90 Å². The second-order valence-corrected chi connectivity index (χ2v) is 3.86. The van der Waals surface area contributed by atoms with Crippen LogP contribution in [0.1, 0.15) is 16.1 Å². The number of nitrogens with zero attached hydrogens (tertiary/aromatic N) is 2. The summed E-state index contributed by atoms with van der Waals surface area (Å²) >= 11 is 6.04. The molecule has 3 N–H and O–H groups in total. The molecule has 6 heteroatoms. The highest BCUT2D eigenvalue weighted by atomic mass is 35.5. The molecule has 0 aliphatic rings. The molecular weight excluding hydrogens is 242 g/mol. The van der Waals surface area contributed by atoms with E-state index in [9.17, 15) is 4.79 Å². The summed E-state index contributed by atoms with van der Waals surface area (Å²) in [6, 6.07) is 6.60. The van der Waals surface area contributed by atoms with Gasteiger partial charge in [-0.1, -0.05) is 17.7 Å². The summed E-state index contributed by atoms with van der Waals surface area (Å²) in [5, 5.41) is 13.4. The number of benzene rings is 1. The maximum Gasteiger partial charge on any atom is 0.269 e. The molecule has 0 spiro atoms. The lowest BCUT2D eigenvalue weighted by atomic mass is 10.2. The van der Waals surface area contributed by atoms with Crippen molar-refractivity contribution in [2.45, 2.75) is 6.61 Å². The van der Waals surface area contributed by atoms with E-state index >= 15 is 0 Å². The van der Waals surface area contributed by atoms with Crippen LogP contribution in [0.25, 0.3) is 5.69 Å². The minimum Gasteiger partial charge on any atom is -0.392 e. The predicted molar refractivity (Wildman–Crippen MR) is 63.0 cm³/mol. The van der Waals surface area contributed by atoms with E-state index < -0.39 is 5.91 Å². The lowest BCUT2D eigenvalue weighted by molar-refractivity contribution is 0.0995. The Hall–Kier alpha value is -1.85. The first-order valence-corrected chi connectivity index (χ1v) is 5.24. The van der Waals surface area contributed by atoms with Crippen molar-refractivity contribution in [3.8, 4) is 5.69 Å². The van der Waals surface area contributed by atoms with Gasteiger partial charge in [0.2, 0.25) is 0 Å². The number of rotatable bonds is 3. The molecule has 0 saturated heterocycles. The molecule has 0 saturated carbocycles. The molecule has 2 aromatic rings. The van der Waals surface area contributed by atoms with Crippen molar-refractivity contribution in [2.75, 3.05) is 0 Å². The van der Waals surface area contributed by atoms with E-state index in [1.165, 1.54) is 10.7 Å². The number of carbonyl (C=O) groups is 1. The van der Waals surface area contributed by atoms with Crippen LogP contribution >= 0.6 is 11.6 Å². The number of nitrogens with two attached hydrogens (primary N) is 1. The summed E-state index contributed by atoms with van der Waals surface area (Å²) in [4.78, 5) is 10.9. The Morgan fingerprint density at radius 2 is 2.24 bits per heavy atom. The lowest BCUT2D eigenvalue weighted by Gasteiger charge is -2.05. The third-order valence-electron chi connectivity index (χ3n) is 2.28. The van der Waals surface area contributed by atoms with E-state index in [1.807, 2.05) is 0 Å². The van der Waals surface area contributed by atoms with Crippen LogP contribution in [-0.4, -0.2) is 20.8 Å². The summed E-state index contributed by atoms with van der Waals surface area (Å²) in [6.07, 6.45) is 1.60. The largest absolute Gasteiger partial charge is 0.392 e. The van der Waals surface area contributed by atoms with Crippen molar-refractivity contribution in [3.63, 3.8) is 0 Å². The Bertz CT molecular complexity index is 566. The van der Waals surface area contributed by atoms with Gasteiger partial charge in [-0.3, -0.25) is 4.79 Å². The van der Waals surface area contributed by atoms with Crippen LogP contribution in [0.4, 0.5) is 0 Å². The van der Waals surface area contributed by atoms with Gasteiger partial charge in [0.1, 0.15) is 5.69 Å². The lowest BCUT2D eigenvalue weighted by Crippen LogP contribution is -2.12. The molecule has 1 aromatic heterocycles. The molecule has 0 radical (unpaired) electrons. The molecule has 1 amide bonds. The maximum atomic E-state index is 10.9. The van der Waals surface area contributed by atoms with Gasteiger partial charge in [-0.2, -0.15) is 5.10 Å². The van der Waals surface area contributed by atoms with Gasteiger partial charge in [0.05, 0.1) is 17.3 Å². The normalized spacial score (nSPS) is 10.5. The number of aliphatic hydroxyl groups is 1. The van der Waals surface area contributed by atoms with Gasteiger partial charge < -0.3 is 10.8 Å². The van der Waals surface area contributed by atoms with E-state index in [0.717, 1.165) is 0 Å². The monoisotopic (exact) mass is 251 g/mol. The summed E-state index contributed by atoms with van der Waals surface area (Å²) in [5.74, 6) is -0.591. The molecule has 0 bridgehead atoms. The summed E-state index contributed by atoms with van der Waals surface area (Å²) in [7, 11) is 0. The number of aliphatic hydroxyl groups excluding tert-OH is 1. The maximum absolute atomic E-state index is 10.9. The highest BCUT2D eigenvalue weighted by Crippen LogP contribution is 2.21. The zero-order chi connectivity index (χ0) is 12.4. The Kier molecular flexibility index (Phi) is 3.12. The van der Waals surface area contributed by atoms with Gasteiger partial charge in [0.25, 0.3) is 5.91 Å². The Labute approximate surface area is 102 Å². The zero-order valence-corrected chi connectivity index (χ0v) is 9.55. The van der Waals surface area contributed by atoms with Gasteiger partial charge in [-0.25, -0.2) is 4.68 Å². The first-order valence-electron chi connectivity index (χ1n) is 4.87. The van der Waals surface area contributed by atoms with E-state index in [4.69, 9.17) is 22.4 Å². The fraction of sp³-hybridized carbons (Fsp3) is 0.0909. The standard InChI is InChI=1S/C11H10ClN3O2/c12-8-5-7(6-16)1-2-10(8)15-4-3-9(14-15)11(13)17/h1-5,16H,6H2,(H2,13,17). The topological polar surface area (TPSA) is 81.1 Å². The number of hydrogen-bond donors (Lipinski definition) is 2. The third-order valence-corrected chi connectivity index (χ3v) is 2.59. The van der Waals surface area contributed by atoms with Crippen LogP contribution in [0.15, 0.2) is 30.5 Å². The molecule has 0 aliphatic carbocycles. The number of amides is 1. The molecular formula is C11H10ClN3O2. The van der Waals surface area contributed by atoms with Crippen LogP contribution in [0, 0.1) is 0 Å². The van der Waals surface area contributed by atoms with Crippen LogP contribution < -0.4 is 5.73 Å². The second-order valence-electron chi connectivity index (χ2n) is 3.45. The number of aromatic nitrogens is 2. The number of carbonyl (C=O) groups excluding carboxylic acids is 1. The summed E-state index contributed by atoms with van der Waals surface area (Å²) in [6.45, 7) is -0.0777. The van der Waals surface area contributed by atoms with Gasteiger partial charge in [-0.05, 0) is 23.8 Å². The van der Waals surface area contributed by atoms with E-state index in [0.29, 0.717) is 16.3 Å². The molecule has 2 rings (SSSR count). The van der Waals surface area contributed by atoms with Crippen molar-refractivity contribution in [1.29, 1.82) is 0 Å². The molecule has 0 fully saturated rings. The quantitative estimate of drug-likeness (QED) is 0.858. The van der Waals surface area contributed by atoms with Crippen LogP contribution in [-0.2, 0) is 6.61 Å². The zero-order valence-electron chi connectivity index (χ0n) is 8.80. The highest BCUT2D eigenvalue weighted by Gasteiger charge is 2.08. The first kappa shape index (κ1) is 11.6. The van der Waals surface area contributed by atoms with Gasteiger partial charge in [0, 0.05) is 6.20 Å². The van der Waals surface area contributed by atoms with Gasteiger partial charge in [-0.15, -0.1) is 0 Å². The smallest absolute Gasteiger partial charge is 0.269 e. The van der Waals surface area contributed by atoms with Crippen molar-refractivity contribution in [1.82, 2.24) is 9.78 Å². The Morgan fingerprint density at radius 3 is 2.76 bits per heavy atom. The Balaban J connectivity index is 2.42. The van der Waals surface area contributed by atoms with Crippen LogP contribution in [0.3, 0.4) is 0 Å². The van der Waals surface area contributed by atoms with Gasteiger partial charge >= 0.3 is 0 Å². The molecule has 0 aliphatic heterocycles.